The number of methoxy groups -OCH3 is 1. The molecule has 0 aliphatic heterocycles. The monoisotopic (exact) mass is 299 g/mol. The largest absolute Gasteiger partial charge is 0.497 e. The van der Waals surface area contributed by atoms with E-state index >= 15 is 0 Å². The van der Waals surface area contributed by atoms with Crippen LogP contribution in [0.15, 0.2) is 24.3 Å². The summed E-state index contributed by atoms with van der Waals surface area (Å²) in [7, 11) is 5.81. The zero-order chi connectivity index (χ0) is 13.9. The Hall–Kier alpha value is -0.770. The summed E-state index contributed by atoms with van der Waals surface area (Å²) in [6.45, 7) is 0.924. The lowest BCUT2D eigenvalue weighted by molar-refractivity contribution is -0.0619. The number of hydrogen-bond donors (Lipinski definition) is 1. The summed E-state index contributed by atoms with van der Waals surface area (Å²) >= 11 is 0. The highest BCUT2D eigenvalue weighted by atomic mass is 35.5. The molecule has 0 aromatic heterocycles. The second kappa shape index (κ2) is 7.30. The molecule has 1 N–H and O–H groups in total. The lowest BCUT2D eigenvalue weighted by Crippen LogP contribution is -2.43. The molecule has 3 nitrogen and oxygen atoms in total. The van der Waals surface area contributed by atoms with Gasteiger partial charge in [0.15, 0.2) is 0 Å². The van der Waals surface area contributed by atoms with E-state index in [1.54, 1.807) is 7.11 Å². The summed E-state index contributed by atoms with van der Waals surface area (Å²) in [4.78, 5) is 2.17. The number of ether oxygens (including phenoxy) is 1. The van der Waals surface area contributed by atoms with Crippen LogP contribution in [0.4, 0.5) is 0 Å². The Morgan fingerprint density at radius 3 is 2.75 bits per heavy atom. The third-order valence-electron chi connectivity index (χ3n) is 4.19. The van der Waals surface area contributed by atoms with Crippen LogP contribution in [0, 0.1) is 5.92 Å². The van der Waals surface area contributed by atoms with Crippen molar-refractivity contribution in [1.29, 1.82) is 0 Å². The topological polar surface area (TPSA) is 32.7 Å². The van der Waals surface area contributed by atoms with E-state index in [9.17, 15) is 5.11 Å². The Kier molecular flexibility index (Phi) is 6.31. The first-order valence-electron chi connectivity index (χ1n) is 7.08. The molecule has 0 spiro atoms. The normalized spacial score (nSPS) is 26.1. The third kappa shape index (κ3) is 3.66. The van der Waals surface area contributed by atoms with E-state index in [4.69, 9.17) is 4.74 Å². The SMILES string of the molecule is COc1cccc([C@@]2(O)CCCCC2CN(C)C)c1.Cl. The van der Waals surface area contributed by atoms with E-state index < -0.39 is 5.60 Å². The van der Waals surface area contributed by atoms with Crippen LogP contribution in [0.5, 0.6) is 5.75 Å². The van der Waals surface area contributed by atoms with Gasteiger partial charge < -0.3 is 14.7 Å². The second-order valence-electron chi connectivity index (χ2n) is 5.86. The zero-order valence-electron chi connectivity index (χ0n) is 12.6. The summed E-state index contributed by atoms with van der Waals surface area (Å²) in [6.07, 6.45) is 4.24. The Balaban J connectivity index is 0.00000200. The second-order valence-corrected chi connectivity index (χ2v) is 5.86. The van der Waals surface area contributed by atoms with Crippen molar-refractivity contribution in [3.63, 3.8) is 0 Å². The van der Waals surface area contributed by atoms with Crippen LogP contribution in [-0.4, -0.2) is 37.8 Å². The minimum absolute atomic E-state index is 0. The van der Waals surface area contributed by atoms with Crippen molar-refractivity contribution in [1.82, 2.24) is 4.90 Å². The molecule has 0 radical (unpaired) electrons. The van der Waals surface area contributed by atoms with Crippen LogP contribution in [-0.2, 0) is 5.60 Å². The quantitative estimate of drug-likeness (QED) is 0.927. The fraction of sp³-hybridized carbons (Fsp3) is 0.625. The lowest BCUT2D eigenvalue weighted by Gasteiger charge is -2.41. The lowest BCUT2D eigenvalue weighted by atomic mass is 9.71. The number of benzene rings is 1. The molecule has 0 bridgehead atoms. The number of rotatable bonds is 4. The van der Waals surface area contributed by atoms with Crippen molar-refractivity contribution in [3.8, 4) is 5.75 Å². The Bertz CT molecular complexity index is 425. The van der Waals surface area contributed by atoms with Gasteiger partial charge in [-0.3, -0.25) is 0 Å². The molecule has 0 amide bonds. The maximum absolute atomic E-state index is 11.2. The zero-order valence-corrected chi connectivity index (χ0v) is 13.4. The van der Waals surface area contributed by atoms with Gasteiger partial charge in [0.25, 0.3) is 0 Å². The van der Waals surface area contributed by atoms with Crippen molar-refractivity contribution in [2.45, 2.75) is 31.3 Å². The first kappa shape index (κ1) is 17.3. The Morgan fingerprint density at radius 1 is 1.35 bits per heavy atom. The summed E-state index contributed by atoms with van der Waals surface area (Å²) < 4.78 is 5.29. The van der Waals surface area contributed by atoms with Crippen LogP contribution >= 0.6 is 12.4 Å². The number of aliphatic hydroxyl groups is 1. The maximum atomic E-state index is 11.2. The van der Waals surface area contributed by atoms with Crippen molar-refractivity contribution < 1.29 is 9.84 Å². The summed E-state index contributed by atoms with van der Waals surface area (Å²) in [5.74, 6) is 1.11. The number of nitrogens with zero attached hydrogens (tertiary/aromatic N) is 1. The molecule has 0 heterocycles. The average Bonchev–Trinajstić information content (AvgIpc) is 2.41. The van der Waals surface area contributed by atoms with E-state index in [2.05, 4.69) is 19.0 Å². The maximum Gasteiger partial charge on any atom is 0.119 e. The molecular weight excluding hydrogens is 274 g/mol. The fourth-order valence-corrected chi connectivity index (χ4v) is 3.18. The van der Waals surface area contributed by atoms with Gasteiger partial charge in [-0.05, 0) is 44.6 Å². The standard InChI is InChI=1S/C16H25NO2.ClH/c1-17(2)12-14-7-4-5-10-16(14,18)13-8-6-9-15(11-13)19-3;/h6,8-9,11,14,18H,4-5,7,10,12H2,1-3H3;1H/t14?,16-;/m0./s1. The predicted molar refractivity (Wildman–Crippen MR) is 84.7 cm³/mol. The van der Waals surface area contributed by atoms with E-state index in [1.807, 2.05) is 24.3 Å². The van der Waals surface area contributed by atoms with Gasteiger partial charge in [0.05, 0.1) is 12.7 Å². The van der Waals surface area contributed by atoms with Crippen molar-refractivity contribution in [3.05, 3.63) is 29.8 Å². The fourth-order valence-electron chi connectivity index (χ4n) is 3.18. The van der Waals surface area contributed by atoms with Gasteiger partial charge in [-0.2, -0.15) is 0 Å². The highest BCUT2D eigenvalue weighted by Gasteiger charge is 2.40. The van der Waals surface area contributed by atoms with Gasteiger partial charge in [0.1, 0.15) is 5.75 Å². The highest BCUT2D eigenvalue weighted by Crippen LogP contribution is 2.42. The Morgan fingerprint density at radius 2 is 2.10 bits per heavy atom. The van der Waals surface area contributed by atoms with Crippen molar-refractivity contribution in [2.75, 3.05) is 27.7 Å². The molecule has 114 valence electrons. The van der Waals surface area contributed by atoms with E-state index in [-0.39, 0.29) is 12.4 Å². The molecule has 20 heavy (non-hydrogen) atoms. The van der Waals surface area contributed by atoms with E-state index in [0.717, 1.165) is 37.1 Å². The highest BCUT2D eigenvalue weighted by molar-refractivity contribution is 5.85. The van der Waals surface area contributed by atoms with Crippen LogP contribution < -0.4 is 4.74 Å². The number of hydrogen-bond acceptors (Lipinski definition) is 3. The summed E-state index contributed by atoms with van der Waals surface area (Å²) in [5.41, 5.74) is 0.287. The van der Waals surface area contributed by atoms with Crippen LogP contribution in [0.2, 0.25) is 0 Å². The van der Waals surface area contributed by atoms with Gasteiger partial charge in [-0.15, -0.1) is 12.4 Å². The molecule has 0 saturated heterocycles. The molecule has 1 aromatic rings. The third-order valence-corrected chi connectivity index (χ3v) is 4.19. The minimum atomic E-state index is -0.711. The molecule has 1 aromatic carbocycles. The molecule has 1 fully saturated rings. The van der Waals surface area contributed by atoms with E-state index in [0.29, 0.717) is 5.92 Å². The molecule has 2 atom stereocenters. The molecular formula is C16H26ClNO2. The van der Waals surface area contributed by atoms with Gasteiger partial charge in [0, 0.05) is 12.5 Å². The predicted octanol–water partition coefficient (Wildman–Crippen LogP) is 3.06. The minimum Gasteiger partial charge on any atom is -0.497 e. The van der Waals surface area contributed by atoms with E-state index in [1.165, 1.54) is 6.42 Å². The van der Waals surface area contributed by atoms with Crippen molar-refractivity contribution >= 4 is 12.4 Å². The number of halogens is 1. The molecule has 1 saturated carbocycles. The van der Waals surface area contributed by atoms with Crippen LogP contribution in [0.1, 0.15) is 31.2 Å². The van der Waals surface area contributed by atoms with Gasteiger partial charge in [0.2, 0.25) is 0 Å². The van der Waals surface area contributed by atoms with Crippen LogP contribution in [0.25, 0.3) is 0 Å². The first-order valence-corrected chi connectivity index (χ1v) is 7.08. The van der Waals surface area contributed by atoms with Gasteiger partial charge in [-0.25, -0.2) is 0 Å². The molecule has 2 rings (SSSR count). The van der Waals surface area contributed by atoms with Gasteiger partial charge in [-0.1, -0.05) is 25.0 Å². The molecule has 4 heteroatoms. The first-order chi connectivity index (χ1) is 9.06. The average molecular weight is 300 g/mol. The van der Waals surface area contributed by atoms with Crippen LogP contribution in [0.3, 0.4) is 0 Å². The smallest absolute Gasteiger partial charge is 0.119 e. The van der Waals surface area contributed by atoms with Gasteiger partial charge >= 0.3 is 0 Å². The molecule has 1 aliphatic rings. The summed E-state index contributed by atoms with van der Waals surface area (Å²) in [6, 6.07) is 7.90. The Labute approximate surface area is 128 Å². The molecule has 1 aliphatic carbocycles. The molecule has 1 unspecified atom stereocenters. The summed E-state index contributed by atoms with van der Waals surface area (Å²) in [5, 5.41) is 11.2. The van der Waals surface area contributed by atoms with Crippen molar-refractivity contribution in [2.24, 2.45) is 5.92 Å².